The quantitative estimate of drug-likeness (QED) is 0.735. The summed E-state index contributed by atoms with van der Waals surface area (Å²) in [6.07, 6.45) is 0.0833. The molecule has 0 saturated carbocycles. The molecule has 2 heterocycles. The van der Waals surface area contributed by atoms with Crippen LogP contribution in [-0.2, 0) is 21.1 Å². The van der Waals surface area contributed by atoms with Crippen LogP contribution in [0.4, 0.5) is 10.1 Å². The molecule has 0 bridgehead atoms. The summed E-state index contributed by atoms with van der Waals surface area (Å²) in [5.74, 6) is -0.943. The Morgan fingerprint density at radius 1 is 1.18 bits per heavy atom. The third kappa shape index (κ3) is 3.94. The Morgan fingerprint density at radius 3 is 2.61 bits per heavy atom. The van der Waals surface area contributed by atoms with Gasteiger partial charge in [-0.15, -0.1) is 0 Å². The first-order valence-electron chi connectivity index (χ1n) is 8.59. The zero-order valence-electron chi connectivity index (χ0n) is 14.6. The van der Waals surface area contributed by atoms with E-state index in [4.69, 9.17) is 11.6 Å². The number of rotatable bonds is 3. The monoisotopic (exact) mass is 438 g/mol. The smallest absolute Gasteiger partial charge is 0.252 e. The molecule has 1 amide bonds. The Kier molecular flexibility index (Phi) is 5.20. The Balaban J connectivity index is 1.65. The number of aliphatic imine (C=N–C) groups is 1. The third-order valence-corrected chi connectivity index (χ3v) is 8.13. The number of amides is 1. The number of nitrogens with zero attached hydrogens (tertiary/aromatic N) is 2. The summed E-state index contributed by atoms with van der Waals surface area (Å²) in [5.41, 5.74) is 1.000. The van der Waals surface area contributed by atoms with Crippen LogP contribution in [0.25, 0.3) is 0 Å². The first-order valence-corrected chi connectivity index (χ1v) is 11.7. The molecular formula is C19H16ClFN2O3S2. The van der Waals surface area contributed by atoms with Crippen LogP contribution >= 0.6 is 23.4 Å². The molecule has 4 rings (SSSR count). The van der Waals surface area contributed by atoms with Crippen molar-refractivity contribution >= 4 is 50.0 Å². The fraction of sp³-hybridized carbons (Fsp3) is 0.263. The van der Waals surface area contributed by atoms with Crippen molar-refractivity contribution in [1.82, 2.24) is 0 Å². The lowest BCUT2D eigenvalue weighted by Crippen LogP contribution is -2.38. The molecule has 0 unspecified atom stereocenters. The van der Waals surface area contributed by atoms with Crippen LogP contribution < -0.4 is 4.90 Å². The highest BCUT2D eigenvalue weighted by molar-refractivity contribution is 8.16. The normalized spacial score (nSPS) is 24.5. The fourth-order valence-corrected chi connectivity index (χ4v) is 7.47. The van der Waals surface area contributed by atoms with Crippen LogP contribution in [0.1, 0.15) is 5.56 Å². The predicted molar refractivity (Wildman–Crippen MR) is 110 cm³/mol. The van der Waals surface area contributed by atoms with Crippen molar-refractivity contribution in [1.29, 1.82) is 0 Å². The minimum Gasteiger partial charge on any atom is -0.313 e. The maximum Gasteiger partial charge on any atom is 0.252 e. The second kappa shape index (κ2) is 7.50. The van der Waals surface area contributed by atoms with E-state index in [9.17, 15) is 17.6 Å². The number of para-hydroxylation sites is 1. The number of anilines is 1. The van der Waals surface area contributed by atoms with Gasteiger partial charge in [-0.05, 0) is 29.8 Å². The largest absolute Gasteiger partial charge is 0.313 e. The van der Waals surface area contributed by atoms with Gasteiger partial charge < -0.3 is 4.90 Å². The molecule has 2 atom stereocenters. The van der Waals surface area contributed by atoms with E-state index in [1.165, 1.54) is 17.8 Å². The Morgan fingerprint density at radius 2 is 1.89 bits per heavy atom. The highest BCUT2D eigenvalue weighted by Crippen LogP contribution is 2.41. The average molecular weight is 439 g/mol. The SMILES string of the molecule is O=C(Cc1ccc(Cl)cc1)N=C1S[C@H]2CS(=O)(=O)C[C@H]2N1c1ccccc1F. The van der Waals surface area contributed by atoms with E-state index < -0.39 is 21.7 Å². The summed E-state index contributed by atoms with van der Waals surface area (Å²) >= 11 is 7.08. The van der Waals surface area contributed by atoms with Crippen LogP contribution in [0.15, 0.2) is 53.5 Å². The molecule has 2 aromatic rings. The summed E-state index contributed by atoms with van der Waals surface area (Å²) in [5, 5.41) is 0.647. The van der Waals surface area contributed by atoms with Crippen molar-refractivity contribution in [2.45, 2.75) is 17.7 Å². The zero-order valence-corrected chi connectivity index (χ0v) is 17.0. The number of benzene rings is 2. The van der Waals surface area contributed by atoms with Crippen molar-refractivity contribution in [2.24, 2.45) is 4.99 Å². The minimum absolute atomic E-state index is 0.00230. The van der Waals surface area contributed by atoms with Crippen molar-refractivity contribution in [3.05, 3.63) is 64.9 Å². The lowest BCUT2D eigenvalue weighted by molar-refractivity contribution is -0.117. The maximum absolute atomic E-state index is 14.4. The summed E-state index contributed by atoms with van der Waals surface area (Å²) < 4.78 is 38.5. The van der Waals surface area contributed by atoms with Gasteiger partial charge >= 0.3 is 0 Å². The van der Waals surface area contributed by atoms with Gasteiger partial charge in [-0.25, -0.2) is 12.8 Å². The molecule has 2 fully saturated rings. The highest BCUT2D eigenvalue weighted by atomic mass is 35.5. The van der Waals surface area contributed by atoms with Crippen molar-refractivity contribution < 1.29 is 17.6 Å². The van der Waals surface area contributed by atoms with Gasteiger partial charge in [0.1, 0.15) is 5.82 Å². The van der Waals surface area contributed by atoms with Crippen LogP contribution in [-0.4, -0.2) is 42.3 Å². The maximum atomic E-state index is 14.4. The lowest BCUT2D eigenvalue weighted by Gasteiger charge is -2.24. The van der Waals surface area contributed by atoms with E-state index in [0.717, 1.165) is 5.56 Å². The van der Waals surface area contributed by atoms with Crippen LogP contribution in [0.2, 0.25) is 5.02 Å². The molecule has 28 heavy (non-hydrogen) atoms. The molecule has 146 valence electrons. The van der Waals surface area contributed by atoms with Gasteiger partial charge in [0.25, 0.3) is 5.91 Å². The number of hydrogen-bond acceptors (Lipinski definition) is 4. The van der Waals surface area contributed by atoms with Crippen molar-refractivity contribution in [3.8, 4) is 0 Å². The van der Waals surface area contributed by atoms with Crippen molar-refractivity contribution in [2.75, 3.05) is 16.4 Å². The topological polar surface area (TPSA) is 66.8 Å². The Labute approximate surface area is 171 Å². The van der Waals surface area contributed by atoms with E-state index >= 15 is 0 Å². The van der Waals surface area contributed by atoms with Gasteiger partial charge in [0.05, 0.1) is 29.7 Å². The van der Waals surface area contributed by atoms with E-state index in [1.807, 2.05) is 0 Å². The van der Waals surface area contributed by atoms with Gasteiger partial charge in [-0.1, -0.05) is 47.6 Å². The lowest BCUT2D eigenvalue weighted by atomic mass is 10.1. The zero-order chi connectivity index (χ0) is 19.9. The molecule has 9 heteroatoms. The molecule has 0 aliphatic carbocycles. The Bertz CT molecular complexity index is 1060. The average Bonchev–Trinajstić information content (AvgIpc) is 3.08. The summed E-state index contributed by atoms with van der Waals surface area (Å²) in [7, 11) is -3.20. The molecular weight excluding hydrogens is 423 g/mol. The van der Waals surface area contributed by atoms with Gasteiger partial charge in [0.2, 0.25) is 0 Å². The molecule has 2 aromatic carbocycles. The number of carbonyl (C=O) groups is 1. The number of carbonyl (C=O) groups excluding carboxylic acids is 1. The predicted octanol–water partition coefficient (Wildman–Crippen LogP) is 3.32. The first kappa shape index (κ1) is 19.4. The second-order valence-electron chi connectivity index (χ2n) is 6.71. The summed E-state index contributed by atoms with van der Waals surface area (Å²) in [4.78, 5) is 18.2. The van der Waals surface area contributed by atoms with E-state index in [1.54, 1.807) is 47.4 Å². The standard InChI is InChI=1S/C19H16ClFN2O3S2/c20-13-7-5-12(6-8-13)9-18(24)22-19-23(15-4-2-1-3-14(15)21)16-10-28(25,26)11-17(16)27-19/h1-8,16-17H,9-11H2/t16-,17+/m1/s1. The molecule has 5 nitrogen and oxygen atoms in total. The molecule has 0 aromatic heterocycles. The second-order valence-corrected chi connectivity index (χ2v) is 10.5. The molecule has 0 spiro atoms. The number of thioether (sulfide) groups is 1. The molecule has 2 aliphatic heterocycles. The number of halogens is 2. The van der Waals surface area contributed by atoms with Gasteiger partial charge in [-0.3, -0.25) is 4.79 Å². The molecule has 2 saturated heterocycles. The summed E-state index contributed by atoms with van der Waals surface area (Å²) in [6, 6.07) is 12.6. The molecule has 0 radical (unpaired) electrons. The molecule has 0 N–H and O–H groups in total. The number of hydrogen-bond donors (Lipinski definition) is 0. The molecule has 2 aliphatic rings. The Hall–Kier alpha value is -1.90. The van der Waals surface area contributed by atoms with Gasteiger partial charge in [0, 0.05) is 10.3 Å². The van der Waals surface area contributed by atoms with E-state index in [-0.39, 0.29) is 34.8 Å². The van der Waals surface area contributed by atoms with Gasteiger partial charge in [0.15, 0.2) is 15.0 Å². The van der Waals surface area contributed by atoms with Gasteiger partial charge in [-0.2, -0.15) is 4.99 Å². The fourth-order valence-electron chi connectivity index (χ4n) is 3.42. The third-order valence-electron chi connectivity index (χ3n) is 4.67. The van der Waals surface area contributed by atoms with Crippen molar-refractivity contribution in [3.63, 3.8) is 0 Å². The number of fused-ring (bicyclic) bond motifs is 1. The van der Waals surface area contributed by atoms with Crippen LogP contribution in [0.3, 0.4) is 0 Å². The number of sulfone groups is 1. The summed E-state index contributed by atoms with van der Waals surface area (Å²) in [6.45, 7) is 0. The van der Waals surface area contributed by atoms with Crippen LogP contribution in [0, 0.1) is 5.82 Å². The van der Waals surface area contributed by atoms with E-state index in [2.05, 4.69) is 4.99 Å². The minimum atomic E-state index is -3.20. The first-order chi connectivity index (χ1) is 13.3. The number of amidine groups is 1. The highest BCUT2D eigenvalue weighted by Gasteiger charge is 2.49. The van der Waals surface area contributed by atoms with E-state index in [0.29, 0.717) is 10.2 Å². The van der Waals surface area contributed by atoms with Crippen LogP contribution in [0.5, 0.6) is 0 Å².